The van der Waals surface area contributed by atoms with E-state index in [0.717, 1.165) is 44.6 Å². The van der Waals surface area contributed by atoms with Crippen LogP contribution in [0, 0.1) is 0 Å². The molecule has 7 heteroatoms. The van der Waals surface area contributed by atoms with Crippen LogP contribution in [-0.4, -0.2) is 55.5 Å². The Bertz CT molecular complexity index is 620. The van der Waals surface area contributed by atoms with E-state index in [9.17, 15) is 9.59 Å². The summed E-state index contributed by atoms with van der Waals surface area (Å²) in [7, 11) is 0. The van der Waals surface area contributed by atoms with Crippen molar-refractivity contribution in [1.29, 1.82) is 0 Å². The fourth-order valence-electron chi connectivity index (χ4n) is 3.62. The quantitative estimate of drug-likeness (QED) is 0.820. The molecule has 2 aliphatic rings. The van der Waals surface area contributed by atoms with Gasteiger partial charge in [-0.1, -0.05) is 19.1 Å². The number of nitrogens with zero attached hydrogens (tertiary/aromatic N) is 2. The van der Waals surface area contributed by atoms with Crippen molar-refractivity contribution in [3.63, 3.8) is 0 Å². The van der Waals surface area contributed by atoms with Gasteiger partial charge in [0.1, 0.15) is 5.75 Å². The van der Waals surface area contributed by atoms with Gasteiger partial charge >= 0.3 is 0 Å². The molecule has 0 radical (unpaired) electrons. The molecule has 0 saturated carbocycles. The Kier molecular flexibility index (Phi) is 7.72. The number of carbonyl (C=O) groups is 2. The molecule has 0 atom stereocenters. The zero-order valence-electron chi connectivity index (χ0n) is 15.3. The van der Waals surface area contributed by atoms with Gasteiger partial charge in [-0.15, -0.1) is 12.4 Å². The maximum Gasteiger partial charge on any atom is 0.265 e. The van der Waals surface area contributed by atoms with Crippen LogP contribution in [0.1, 0.15) is 32.6 Å². The van der Waals surface area contributed by atoms with Gasteiger partial charge in [-0.05, 0) is 44.5 Å². The van der Waals surface area contributed by atoms with E-state index in [4.69, 9.17) is 4.74 Å². The highest BCUT2D eigenvalue weighted by Crippen LogP contribution is 2.31. The summed E-state index contributed by atoms with van der Waals surface area (Å²) in [6.07, 6.45) is 3.31. The number of nitrogens with one attached hydrogen (secondary N) is 1. The molecule has 1 aromatic rings. The SMILES string of the molecule is CCCN(C(=O)CCN1C(=O)COc2ccccc21)C1CCNCC1.Cl. The summed E-state index contributed by atoms with van der Waals surface area (Å²) >= 11 is 0. The van der Waals surface area contributed by atoms with Crippen LogP contribution in [0.3, 0.4) is 0 Å². The number of benzene rings is 1. The second-order valence-electron chi connectivity index (χ2n) is 6.62. The number of rotatable bonds is 6. The molecule has 2 amide bonds. The summed E-state index contributed by atoms with van der Waals surface area (Å²) in [6.45, 7) is 5.27. The number of carbonyl (C=O) groups excluding carboxylic acids is 2. The largest absolute Gasteiger partial charge is 0.482 e. The minimum atomic E-state index is -0.0876. The molecule has 26 heavy (non-hydrogen) atoms. The molecule has 2 heterocycles. The van der Waals surface area contributed by atoms with E-state index in [1.54, 1.807) is 4.90 Å². The third-order valence-electron chi connectivity index (χ3n) is 4.89. The van der Waals surface area contributed by atoms with Crippen LogP contribution in [0.5, 0.6) is 5.75 Å². The highest BCUT2D eigenvalue weighted by molar-refractivity contribution is 5.98. The zero-order chi connectivity index (χ0) is 17.6. The van der Waals surface area contributed by atoms with Crippen LogP contribution in [-0.2, 0) is 9.59 Å². The number of anilines is 1. The molecule has 0 aromatic heterocycles. The first-order valence-corrected chi connectivity index (χ1v) is 9.23. The second-order valence-corrected chi connectivity index (χ2v) is 6.62. The zero-order valence-corrected chi connectivity index (χ0v) is 16.1. The summed E-state index contributed by atoms with van der Waals surface area (Å²) in [5.74, 6) is 0.763. The smallest absolute Gasteiger partial charge is 0.265 e. The van der Waals surface area contributed by atoms with Crippen molar-refractivity contribution in [3.8, 4) is 5.75 Å². The van der Waals surface area contributed by atoms with E-state index >= 15 is 0 Å². The number of para-hydroxylation sites is 2. The van der Waals surface area contributed by atoms with Crippen LogP contribution >= 0.6 is 12.4 Å². The van der Waals surface area contributed by atoms with Gasteiger partial charge in [-0.2, -0.15) is 0 Å². The Morgan fingerprint density at radius 3 is 2.77 bits per heavy atom. The average molecular weight is 382 g/mol. The number of amides is 2. The molecule has 6 nitrogen and oxygen atoms in total. The molecule has 1 fully saturated rings. The van der Waals surface area contributed by atoms with E-state index in [0.29, 0.717) is 24.8 Å². The summed E-state index contributed by atoms with van der Waals surface area (Å²) in [5.41, 5.74) is 0.760. The van der Waals surface area contributed by atoms with Crippen LogP contribution < -0.4 is 15.0 Å². The minimum absolute atomic E-state index is 0. The molecule has 0 unspecified atom stereocenters. The van der Waals surface area contributed by atoms with E-state index in [1.807, 2.05) is 29.2 Å². The molecule has 0 spiro atoms. The Morgan fingerprint density at radius 1 is 1.31 bits per heavy atom. The number of piperidine rings is 1. The molecule has 0 bridgehead atoms. The van der Waals surface area contributed by atoms with Crippen molar-refractivity contribution in [2.24, 2.45) is 0 Å². The Hall–Kier alpha value is -1.79. The van der Waals surface area contributed by atoms with Crippen molar-refractivity contribution in [2.75, 3.05) is 37.7 Å². The van der Waals surface area contributed by atoms with Crippen molar-refractivity contribution in [1.82, 2.24) is 10.2 Å². The monoisotopic (exact) mass is 381 g/mol. The third kappa shape index (κ3) is 4.68. The van der Waals surface area contributed by atoms with Crippen LogP contribution in [0.2, 0.25) is 0 Å². The van der Waals surface area contributed by atoms with Gasteiger partial charge in [0, 0.05) is 25.6 Å². The lowest BCUT2D eigenvalue weighted by Gasteiger charge is -2.35. The van der Waals surface area contributed by atoms with Crippen molar-refractivity contribution >= 4 is 29.9 Å². The lowest BCUT2D eigenvalue weighted by Crippen LogP contribution is -2.48. The first-order valence-electron chi connectivity index (χ1n) is 9.23. The molecule has 2 aliphatic heterocycles. The molecule has 1 N–H and O–H groups in total. The molecule has 144 valence electrons. The van der Waals surface area contributed by atoms with Gasteiger partial charge in [0.25, 0.3) is 5.91 Å². The predicted molar refractivity (Wildman–Crippen MR) is 104 cm³/mol. The lowest BCUT2D eigenvalue weighted by molar-refractivity contribution is -0.134. The fourth-order valence-corrected chi connectivity index (χ4v) is 3.62. The Labute approximate surface area is 161 Å². The number of ether oxygens (including phenoxy) is 1. The lowest BCUT2D eigenvalue weighted by atomic mass is 10.0. The minimum Gasteiger partial charge on any atom is -0.482 e. The number of halogens is 1. The summed E-state index contributed by atoms with van der Waals surface area (Å²) in [4.78, 5) is 28.8. The van der Waals surface area contributed by atoms with E-state index in [1.165, 1.54) is 0 Å². The standard InChI is InChI=1S/C19H27N3O3.ClH/c1-2-12-21(15-7-10-20-11-8-15)18(23)9-13-22-16-5-3-4-6-17(16)25-14-19(22)24;/h3-6,15,20H,2,7-14H2,1H3;1H. The molecular weight excluding hydrogens is 354 g/mol. The molecule has 1 aromatic carbocycles. The highest BCUT2D eigenvalue weighted by atomic mass is 35.5. The van der Waals surface area contributed by atoms with Gasteiger partial charge in [-0.3, -0.25) is 9.59 Å². The topological polar surface area (TPSA) is 61.9 Å². The van der Waals surface area contributed by atoms with Gasteiger partial charge in [-0.25, -0.2) is 0 Å². The predicted octanol–water partition coefficient (Wildman–Crippen LogP) is 2.21. The molecule has 3 rings (SSSR count). The van der Waals surface area contributed by atoms with E-state index in [-0.39, 0.29) is 30.8 Å². The molecular formula is C19H28ClN3O3. The fraction of sp³-hybridized carbons (Fsp3) is 0.579. The molecule has 0 aliphatic carbocycles. The van der Waals surface area contributed by atoms with Gasteiger partial charge in [0.2, 0.25) is 5.91 Å². The van der Waals surface area contributed by atoms with Gasteiger partial charge in [0.15, 0.2) is 6.61 Å². The number of hydrogen-bond donors (Lipinski definition) is 1. The number of hydrogen-bond acceptors (Lipinski definition) is 4. The third-order valence-corrected chi connectivity index (χ3v) is 4.89. The van der Waals surface area contributed by atoms with Gasteiger partial charge in [0.05, 0.1) is 5.69 Å². The summed E-state index contributed by atoms with van der Waals surface area (Å²) in [5, 5.41) is 3.35. The van der Waals surface area contributed by atoms with Crippen molar-refractivity contribution in [3.05, 3.63) is 24.3 Å². The summed E-state index contributed by atoms with van der Waals surface area (Å²) < 4.78 is 5.46. The van der Waals surface area contributed by atoms with E-state index < -0.39 is 0 Å². The Balaban J connectivity index is 0.00000243. The van der Waals surface area contributed by atoms with Gasteiger partial charge < -0.3 is 19.9 Å². The summed E-state index contributed by atoms with van der Waals surface area (Å²) in [6, 6.07) is 7.82. The van der Waals surface area contributed by atoms with Crippen molar-refractivity contribution in [2.45, 2.75) is 38.6 Å². The first kappa shape index (κ1) is 20.5. The highest BCUT2D eigenvalue weighted by Gasteiger charge is 2.28. The average Bonchev–Trinajstić information content (AvgIpc) is 2.66. The normalized spacial score (nSPS) is 17.1. The van der Waals surface area contributed by atoms with Crippen molar-refractivity contribution < 1.29 is 14.3 Å². The maximum absolute atomic E-state index is 12.8. The van der Waals surface area contributed by atoms with Crippen LogP contribution in [0.25, 0.3) is 0 Å². The number of fused-ring (bicyclic) bond motifs is 1. The Morgan fingerprint density at radius 2 is 2.04 bits per heavy atom. The molecule has 1 saturated heterocycles. The van der Waals surface area contributed by atoms with Crippen LogP contribution in [0.15, 0.2) is 24.3 Å². The van der Waals surface area contributed by atoms with Crippen LogP contribution in [0.4, 0.5) is 5.69 Å². The van der Waals surface area contributed by atoms with E-state index in [2.05, 4.69) is 12.2 Å². The maximum atomic E-state index is 12.8. The second kappa shape index (κ2) is 9.78. The first-order chi connectivity index (χ1) is 12.2.